The van der Waals surface area contributed by atoms with Crippen LogP contribution >= 0.6 is 22.9 Å². The zero-order valence-electron chi connectivity index (χ0n) is 17.1. The van der Waals surface area contributed by atoms with Crippen LogP contribution in [0.4, 0.5) is 0 Å². The van der Waals surface area contributed by atoms with Crippen LogP contribution in [0.3, 0.4) is 0 Å². The second-order valence-corrected chi connectivity index (χ2v) is 10.2. The van der Waals surface area contributed by atoms with Gasteiger partial charge in [0.25, 0.3) is 5.91 Å². The molecule has 0 unspecified atom stereocenters. The third-order valence-corrected chi connectivity index (χ3v) is 8.21. The average Bonchev–Trinajstić information content (AvgIpc) is 3.05. The fraction of sp³-hybridized carbons (Fsp3) is 0.333. The van der Waals surface area contributed by atoms with E-state index in [4.69, 9.17) is 11.6 Å². The van der Waals surface area contributed by atoms with Crippen LogP contribution in [0.5, 0.6) is 0 Å². The van der Waals surface area contributed by atoms with Crippen molar-refractivity contribution in [2.75, 3.05) is 13.1 Å². The lowest BCUT2D eigenvalue weighted by molar-refractivity contribution is 0.0998. The summed E-state index contributed by atoms with van der Waals surface area (Å²) in [4.78, 5) is 17.6. The van der Waals surface area contributed by atoms with E-state index in [1.807, 2.05) is 33.0 Å². The van der Waals surface area contributed by atoms with Crippen LogP contribution in [0.1, 0.15) is 37.0 Å². The van der Waals surface area contributed by atoms with Crippen molar-refractivity contribution in [2.45, 2.75) is 31.6 Å². The predicted molar refractivity (Wildman–Crippen MR) is 121 cm³/mol. The zero-order chi connectivity index (χ0) is 21.9. The van der Waals surface area contributed by atoms with Crippen LogP contribution < -0.4 is 4.80 Å². The molecule has 6 nitrogen and oxygen atoms in total. The third-order valence-electron chi connectivity index (χ3n) is 4.82. The number of carbonyl (C=O) groups excluding carboxylic acids is 1. The Kier molecular flexibility index (Phi) is 7.13. The summed E-state index contributed by atoms with van der Waals surface area (Å²) in [6.07, 6.45) is 1.72. The molecule has 3 aromatic rings. The molecule has 0 aliphatic carbocycles. The van der Waals surface area contributed by atoms with Gasteiger partial charge in [0.1, 0.15) is 0 Å². The molecule has 160 valence electrons. The number of sulfonamides is 1. The van der Waals surface area contributed by atoms with Crippen LogP contribution in [0.15, 0.2) is 52.4 Å². The molecule has 0 bridgehead atoms. The summed E-state index contributed by atoms with van der Waals surface area (Å²) in [7, 11) is -1.77. The Labute approximate surface area is 185 Å². The van der Waals surface area contributed by atoms with E-state index in [0.717, 1.165) is 23.1 Å². The van der Waals surface area contributed by atoms with Crippen LogP contribution in [-0.4, -0.2) is 36.3 Å². The standard InChI is InChI=1S/C21H24ClN3O3S2/c1-4-6-14-25(5-2)30(27,28)16-12-10-15(11-13-16)20(26)23-21-24(3)19-17(22)8-7-9-18(19)29-21/h7-13H,4-6,14H2,1-3H3. The molecule has 0 atom stereocenters. The number of aryl methyl sites for hydroxylation is 1. The highest BCUT2D eigenvalue weighted by Crippen LogP contribution is 2.24. The van der Waals surface area contributed by atoms with E-state index in [2.05, 4.69) is 4.99 Å². The second kappa shape index (κ2) is 9.43. The van der Waals surface area contributed by atoms with Gasteiger partial charge in [-0.2, -0.15) is 9.30 Å². The SMILES string of the molecule is CCCCN(CC)S(=O)(=O)c1ccc(C(=O)N=c2sc3cccc(Cl)c3n2C)cc1. The largest absolute Gasteiger partial charge is 0.318 e. The number of benzene rings is 2. The molecule has 0 fully saturated rings. The summed E-state index contributed by atoms with van der Waals surface area (Å²) in [5.74, 6) is -0.435. The van der Waals surface area contributed by atoms with E-state index < -0.39 is 15.9 Å². The topological polar surface area (TPSA) is 71.7 Å². The van der Waals surface area contributed by atoms with Crippen LogP contribution in [0.25, 0.3) is 10.2 Å². The maximum Gasteiger partial charge on any atom is 0.279 e. The van der Waals surface area contributed by atoms with Crippen molar-refractivity contribution >= 4 is 49.1 Å². The maximum absolute atomic E-state index is 12.8. The summed E-state index contributed by atoms with van der Waals surface area (Å²) in [5, 5.41) is 0.596. The number of halogens is 1. The van der Waals surface area contributed by atoms with Gasteiger partial charge in [0, 0.05) is 25.7 Å². The first kappa shape index (κ1) is 22.7. The highest BCUT2D eigenvalue weighted by molar-refractivity contribution is 7.89. The Hall–Kier alpha value is -2.00. The molecule has 0 aliphatic rings. The maximum atomic E-state index is 12.8. The molecular formula is C21H24ClN3O3S2. The van der Waals surface area contributed by atoms with E-state index in [-0.39, 0.29) is 4.90 Å². The van der Waals surface area contributed by atoms with Crippen LogP contribution in [0, 0.1) is 0 Å². The molecule has 0 saturated carbocycles. The molecule has 0 radical (unpaired) electrons. The first-order valence-electron chi connectivity index (χ1n) is 9.73. The van der Waals surface area contributed by atoms with Gasteiger partial charge < -0.3 is 4.57 Å². The Morgan fingerprint density at radius 3 is 2.47 bits per heavy atom. The van der Waals surface area contributed by atoms with Crippen molar-refractivity contribution < 1.29 is 13.2 Å². The highest BCUT2D eigenvalue weighted by atomic mass is 35.5. The lowest BCUT2D eigenvalue weighted by Gasteiger charge is -2.20. The summed E-state index contributed by atoms with van der Waals surface area (Å²) in [6.45, 7) is 4.73. The van der Waals surface area contributed by atoms with Crippen LogP contribution in [-0.2, 0) is 17.1 Å². The van der Waals surface area contributed by atoms with Crippen LogP contribution in [0.2, 0.25) is 5.02 Å². The lowest BCUT2D eigenvalue weighted by Crippen LogP contribution is -2.31. The third kappa shape index (κ3) is 4.51. The van der Waals surface area contributed by atoms with E-state index in [1.54, 1.807) is 10.6 Å². The average molecular weight is 466 g/mol. The minimum atomic E-state index is -3.58. The van der Waals surface area contributed by atoms with Gasteiger partial charge in [-0.1, -0.05) is 49.3 Å². The number of fused-ring (bicyclic) bond motifs is 1. The Morgan fingerprint density at radius 2 is 1.87 bits per heavy atom. The summed E-state index contributed by atoms with van der Waals surface area (Å²) in [6, 6.07) is 11.5. The highest BCUT2D eigenvalue weighted by Gasteiger charge is 2.22. The molecule has 9 heteroatoms. The number of thiazole rings is 1. The molecule has 1 aromatic heterocycles. The molecule has 2 aromatic carbocycles. The van der Waals surface area contributed by atoms with E-state index in [1.165, 1.54) is 39.9 Å². The molecular weight excluding hydrogens is 442 g/mol. The van der Waals surface area contributed by atoms with Crippen molar-refractivity contribution in [1.29, 1.82) is 0 Å². The lowest BCUT2D eigenvalue weighted by atomic mass is 10.2. The van der Waals surface area contributed by atoms with Crippen molar-refractivity contribution in [2.24, 2.45) is 12.0 Å². The molecule has 3 rings (SSSR count). The Morgan fingerprint density at radius 1 is 1.17 bits per heavy atom. The quantitative estimate of drug-likeness (QED) is 0.517. The van der Waals surface area contributed by atoms with Gasteiger partial charge in [-0.15, -0.1) is 0 Å². The van der Waals surface area contributed by atoms with Gasteiger partial charge in [-0.25, -0.2) is 8.42 Å². The first-order chi connectivity index (χ1) is 14.3. The molecule has 1 amide bonds. The normalized spacial score (nSPS) is 12.8. The number of unbranched alkanes of at least 4 members (excludes halogenated alkanes) is 1. The number of aromatic nitrogens is 1. The van der Waals surface area contributed by atoms with Gasteiger partial charge >= 0.3 is 0 Å². The molecule has 0 N–H and O–H groups in total. The number of hydrogen-bond acceptors (Lipinski definition) is 4. The number of nitrogens with zero attached hydrogens (tertiary/aromatic N) is 3. The minimum Gasteiger partial charge on any atom is -0.318 e. The first-order valence-corrected chi connectivity index (χ1v) is 12.4. The molecule has 0 aliphatic heterocycles. The van der Waals surface area contributed by atoms with Crippen molar-refractivity contribution in [3.63, 3.8) is 0 Å². The minimum absolute atomic E-state index is 0.177. The fourth-order valence-corrected chi connectivity index (χ4v) is 6.00. The second-order valence-electron chi connectivity index (χ2n) is 6.82. The van der Waals surface area contributed by atoms with Crippen molar-refractivity contribution in [3.8, 4) is 0 Å². The summed E-state index contributed by atoms with van der Waals surface area (Å²) < 4.78 is 29.8. The van der Waals surface area contributed by atoms with Gasteiger partial charge in [0.15, 0.2) is 4.80 Å². The molecule has 1 heterocycles. The number of para-hydroxylation sites is 1. The Bertz CT molecular complexity index is 1230. The number of hydrogen-bond donors (Lipinski definition) is 0. The van der Waals surface area contributed by atoms with Crippen molar-refractivity contribution in [1.82, 2.24) is 8.87 Å². The molecule has 30 heavy (non-hydrogen) atoms. The predicted octanol–water partition coefficient (Wildman–Crippen LogP) is 4.45. The van der Waals surface area contributed by atoms with Gasteiger partial charge in [0.05, 0.1) is 20.1 Å². The summed E-state index contributed by atoms with van der Waals surface area (Å²) >= 11 is 7.63. The van der Waals surface area contributed by atoms with Gasteiger partial charge in [-0.05, 0) is 42.8 Å². The molecule has 0 saturated heterocycles. The molecule has 0 spiro atoms. The number of carbonyl (C=O) groups is 1. The van der Waals surface area contributed by atoms with Crippen molar-refractivity contribution in [3.05, 3.63) is 57.9 Å². The fourth-order valence-electron chi connectivity index (χ4n) is 3.12. The number of amides is 1. The van der Waals surface area contributed by atoms with Gasteiger partial charge in [-0.3, -0.25) is 4.79 Å². The van der Waals surface area contributed by atoms with E-state index >= 15 is 0 Å². The Balaban J connectivity index is 1.90. The smallest absolute Gasteiger partial charge is 0.279 e. The monoisotopic (exact) mass is 465 g/mol. The number of rotatable bonds is 7. The van der Waals surface area contributed by atoms with Gasteiger partial charge in [0.2, 0.25) is 10.0 Å². The van der Waals surface area contributed by atoms with E-state index in [0.29, 0.717) is 28.5 Å². The van der Waals surface area contributed by atoms with E-state index in [9.17, 15) is 13.2 Å². The summed E-state index contributed by atoms with van der Waals surface area (Å²) in [5.41, 5.74) is 1.15. The zero-order valence-corrected chi connectivity index (χ0v) is 19.5.